The van der Waals surface area contributed by atoms with E-state index in [1.165, 1.54) is 12.1 Å². The van der Waals surface area contributed by atoms with Gasteiger partial charge in [-0.2, -0.15) is 0 Å². The smallest absolute Gasteiger partial charge is 0.407 e. The van der Waals surface area contributed by atoms with E-state index in [4.69, 9.17) is 18.6 Å². The molecule has 3 rings (SSSR count). The Balaban J connectivity index is 1.54. The lowest BCUT2D eigenvalue weighted by Crippen LogP contribution is -2.34. The topological polar surface area (TPSA) is 130 Å². The Morgan fingerprint density at radius 2 is 1.80 bits per heavy atom. The van der Waals surface area contributed by atoms with Crippen molar-refractivity contribution in [2.45, 2.75) is 33.3 Å². The molecule has 0 aliphatic carbocycles. The van der Waals surface area contributed by atoms with Crippen LogP contribution in [0.3, 0.4) is 0 Å². The first-order valence-corrected chi connectivity index (χ1v) is 11.0. The van der Waals surface area contributed by atoms with Crippen molar-refractivity contribution in [1.82, 2.24) is 5.32 Å². The summed E-state index contributed by atoms with van der Waals surface area (Å²) in [5, 5.41) is 14.2. The van der Waals surface area contributed by atoms with Crippen molar-refractivity contribution >= 4 is 22.7 Å². The molecule has 0 saturated carbocycles. The highest BCUT2D eigenvalue weighted by atomic mass is 16.6. The maximum Gasteiger partial charge on any atom is 0.407 e. The summed E-state index contributed by atoms with van der Waals surface area (Å²) in [6.45, 7) is 8.30. The van der Waals surface area contributed by atoms with E-state index in [1.807, 2.05) is 0 Å². The molecule has 3 aromatic rings. The predicted molar refractivity (Wildman–Crippen MR) is 130 cm³/mol. The molecular weight excluding hydrogens is 456 g/mol. The first kappa shape index (κ1) is 25.7. The van der Waals surface area contributed by atoms with Gasteiger partial charge in [0.05, 0.1) is 23.5 Å². The molecule has 10 nitrogen and oxygen atoms in total. The monoisotopic (exact) mass is 484 g/mol. The van der Waals surface area contributed by atoms with Crippen LogP contribution in [0.2, 0.25) is 0 Å². The first-order chi connectivity index (χ1) is 16.5. The van der Waals surface area contributed by atoms with Crippen LogP contribution >= 0.6 is 0 Å². The molecule has 0 spiro atoms. The zero-order chi connectivity index (χ0) is 25.6. The number of carbonyl (C=O) groups excluding carboxylic acids is 1. The number of rotatable bonds is 9. The number of hydrogen-bond donors (Lipinski definition) is 1. The second-order valence-electron chi connectivity index (χ2n) is 8.81. The minimum atomic E-state index is -0.561. The number of alkyl carbamates (subject to hydrolysis) is 1. The van der Waals surface area contributed by atoms with Crippen LogP contribution in [0, 0.1) is 17.0 Å². The molecule has 0 aliphatic rings. The van der Waals surface area contributed by atoms with E-state index in [9.17, 15) is 19.7 Å². The average Bonchev–Trinajstić information content (AvgIpc) is 2.77. The fourth-order valence-electron chi connectivity index (χ4n) is 3.23. The number of nitro groups is 1. The van der Waals surface area contributed by atoms with Gasteiger partial charge in [-0.25, -0.2) is 4.79 Å². The summed E-state index contributed by atoms with van der Waals surface area (Å²) < 4.78 is 21.9. The second-order valence-corrected chi connectivity index (χ2v) is 8.81. The van der Waals surface area contributed by atoms with Crippen LogP contribution in [0.25, 0.3) is 22.3 Å². The molecule has 0 unspecified atom stereocenters. The van der Waals surface area contributed by atoms with E-state index < -0.39 is 16.6 Å². The fourth-order valence-corrected chi connectivity index (χ4v) is 3.23. The zero-order valence-electron chi connectivity index (χ0n) is 20.1. The molecule has 35 heavy (non-hydrogen) atoms. The molecule has 0 radical (unpaired) electrons. The van der Waals surface area contributed by atoms with Gasteiger partial charge < -0.3 is 23.9 Å². The van der Waals surface area contributed by atoms with Crippen LogP contribution in [0.15, 0.2) is 51.7 Å². The van der Waals surface area contributed by atoms with Crippen molar-refractivity contribution < 1.29 is 28.3 Å². The normalized spacial score (nSPS) is 11.3. The van der Waals surface area contributed by atoms with Gasteiger partial charge in [-0.1, -0.05) is 0 Å². The average molecular weight is 485 g/mol. The third-order valence-corrected chi connectivity index (χ3v) is 4.70. The van der Waals surface area contributed by atoms with E-state index in [-0.39, 0.29) is 27.8 Å². The lowest BCUT2D eigenvalue weighted by molar-refractivity contribution is -0.383. The van der Waals surface area contributed by atoms with Gasteiger partial charge in [0.25, 0.3) is 0 Å². The van der Waals surface area contributed by atoms with Gasteiger partial charge in [-0.05, 0) is 63.6 Å². The van der Waals surface area contributed by atoms with E-state index in [0.29, 0.717) is 43.2 Å². The number of aryl methyl sites for hydroxylation is 1. The second kappa shape index (κ2) is 11.0. The molecular formula is C25H28N2O8. The number of hydrogen-bond acceptors (Lipinski definition) is 8. The van der Waals surface area contributed by atoms with Crippen molar-refractivity contribution in [3.63, 3.8) is 0 Å². The number of benzene rings is 2. The van der Waals surface area contributed by atoms with Crippen LogP contribution in [-0.2, 0) is 9.47 Å². The fraction of sp³-hybridized carbons (Fsp3) is 0.360. The number of carbonyl (C=O) groups is 1. The van der Waals surface area contributed by atoms with Crippen molar-refractivity contribution in [3.8, 4) is 17.1 Å². The molecule has 0 aliphatic heterocycles. The molecule has 0 bridgehead atoms. The molecule has 1 aromatic heterocycles. The number of nitrogens with one attached hydrogen (secondary N) is 1. The lowest BCUT2D eigenvalue weighted by Gasteiger charge is -2.19. The Bertz CT molecular complexity index is 1260. The Hall–Kier alpha value is -3.92. The molecule has 1 amide bonds. The molecule has 1 N–H and O–H groups in total. The summed E-state index contributed by atoms with van der Waals surface area (Å²) in [7, 11) is 0. The van der Waals surface area contributed by atoms with E-state index in [2.05, 4.69) is 5.32 Å². The maximum absolute atomic E-state index is 12.6. The zero-order valence-corrected chi connectivity index (χ0v) is 20.1. The van der Waals surface area contributed by atoms with Crippen LogP contribution in [0.1, 0.15) is 26.3 Å². The van der Waals surface area contributed by atoms with Gasteiger partial charge in [0.1, 0.15) is 23.7 Å². The number of ether oxygens (including phenoxy) is 3. The van der Waals surface area contributed by atoms with Gasteiger partial charge in [-0.15, -0.1) is 0 Å². The van der Waals surface area contributed by atoms with Crippen LogP contribution < -0.4 is 15.5 Å². The van der Waals surface area contributed by atoms with Crippen molar-refractivity contribution in [1.29, 1.82) is 0 Å². The summed E-state index contributed by atoms with van der Waals surface area (Å²) in [6, 6.07) is 11.1. The van der Waals surface area contributed by atoms with Crippen LogP contribution in [0.4, 0.5) is 10.5 Å². The standard InChI is InChI=1S/C25H28N2O8/c1-16-13-19-21(28)15-22(34-23(19)20(14-16)27(30)31)17-5-7-18(8-6-17)33-12-11-32-10-9-26-24(29)35-25(2,3)4/h5-8,13-15H,9-12H2,1-4H3,(H,26,29). The SMILES string of the molecule is Cc1cc([N+](=O)[O-])c2oc(-c3ccc(OCCOCCNC(=O)OC(C)(C)C)cc3)cc(=O)c2c1. The summed E-state index contributed by atoms with van der Waals surface area (Å²) in [4.78, 5) is 35.0. The van der Waals surface area contributed by atoms with E-state index in [0.717, 1.165) is 0 Å². The van der Waals surface area contributed by atoms with Gasteiger partial charge in [0.15, 0.2) is 5.43 Å². The van der Waals surface area contributed by atoms with Crippen LogP contribution in [0.5, 0.6) is 5.75 Å². The minimum Gasteiger partial charge on any atom is -0.491 e. The number of fused-ring (bicyclic) bond motifs is 1. The highest BCUT2D eigenvalue weighted by molar-refractivity contribution is 5.87. The Kier molecular flexibility index (Phi) is 8.08. The van der Waals surface area contributed by atoms with Crippen molar-refractivity contribution in [2.24, 2.45) is 0 Å². The Morgan fingerprint density at radius 1 is 1.09 bits per heavy atom. The van der Waals surface area contributed by atoms with Crippen molar-refractivity contribution in [2.75, 3.05) is 26.4 Å². The summed E-state index contributed by atoms with van der Waals surface area (Å²) >= 11 is 0. The minimum absolute atomic E-state index is 0.0540. The molecule has 0 atom stereocenters. The van der Waals surface area contributed by atoms with Crippen LogP contribution in [-0.4, -0.2) is 43.0 Å². The van der Waals surface area contributed by atoms with Crippen molar-refractivity contribution in [3.05, 3.63) is 68.4 Å². The third kappa shape index (κ3) is 7.28. The number of amides is 1. The number of non-ortho nitro benzene ring substituents is 1. The maximum atomic E-state index is 12.6. The summed E-state index contributed by atoms with van der Waals surface area (Å²) in [6.07, 6.45) is -0.496. The Morgan fingerprint density at radius 3 is 2.46 bits per heavy atom. The van der Waals surface area contributed by atoms with Gasteiger partial charge in [0.2, 0.25) is 5.58 Å². The molecule has 10 heteroatoms. The largest absolute Gasteiger partial charge is 0.491 e. The highest BCUT2D eigenvalue weighted by Gasteiger charge is 2.19. The molecule has 2 aromatic carbocycles. The van der Waals surface area contributed by atoms with E-state index >= 15 is 0 Å². The third-order valence-electron chi connectivity index (χ3n) is 4.70. The molecule has 1 heterocycles. The lowest BCUT2D eigenvalue weighted by atomic mass is 10.1. The molecule has 0 fully saturated rings. The predicted octanol–water partition coefficient (Wildman–Crippen LogP) is 4.60. The number of nitrogens with zero attached hydrogens (tertiary/aromatic N) is 1. The van der Waals surface area contributed by atoms with Gasteiger partial charge in [0, 0.05) is 24.2 Å². The van der Waals surface area contributed by atoms with Gasteiger partial charge >= 0.3 is 11.8 Å². The van der Waals surface area contributed by atoms with E-state index in [1.54, 1.807) is 58.0 Å². The number of nitro benzene ring substituents is 1. The summed E-state index contributed by atoms with van der Waals surface area (Å²) in [5.74, 6) is 0.802. The first-order valence-electron chi connectivity index (χ1n) is 11.0. The van der Waals surface area contributed by atoms with Gasteiger partial charge in [-0.3, -0.25) is 14.9 Å². The summed E-state index contributed by atoms with van der Waals surface area (Å²) in [5.41, 5.74) is -0.0243. The molecule has 0 saturated heterocycles. The molecule has 186 valence electrons. The quantitative estimate of drug-likeness (QED) is 0.265. The highest BCUT2D eigenvalue weighted by Crippen LogP contribution is 2.30. The Labute approximate surface area is 201 Å².